The number of hydrogen-bond donors (Lipinski definition) is 2. The first-order valence-corrected chi connectivity index (χ1v) is 9.00. The number of nitrogens with two attached hydrogens (primary N) is 1. The molecule has 3 rings (SSSR count). The van der Waals surface area contributed by atoms with E-state index in [0.29, 0.717) is 24.8 Å². The molecule has 152 valence electrons. The number of nitrogens with one attached hydrogen (secondary N) is 1. The zero-order chi connectivity index (χ0) is 19.2. The molecule has 2 aromatic carbocycles. The van der Waals surface area contributed by atoms with Gasteiger partial charge in [0.1, 0.15) is 11.6 Å². The Kier molecular flexibility index (Phi) is 8.87. The van der Waals surface area contributed by atoms with Crippen LogP contribution in [0.2, 0.25) is 5.02 Å². The van der Waals surface area contributed by atoms with Crippen molar-refractivity contribution >= 4 is 47.2 Å². The molecule has 1 aliphatic heterocycles. The number of anilines is 1. The van der Waals surface area contributed by atoms with Gasteiger partial charge in [-0.2, -0.15) is 0 Å². The zero-order valence-electron chi connectivity index (χ0n) is 15.1. The quantitative estimate of drug-likeness (QED) is 0.354. The van der Waals surface area contributed by atoms with Gasteiger partial charge in [0.2, 0.25) is 0 Å². The van der Waals surface area contributed by atoms with Gasteiger partial charge < -0.3 is 15.8 Å². The molecule has 1 fully saturated rings. The van der Waals surface area contributed by atoms with Crippen LogP contribution in [-0.2, 0) is 4.74 Å². The summed E-state index contributed by atoms with van der Waals surface area (Å²) in [6.45, 7) is 3.08. The van der Waals surface area contributed by atoms with Gasteiger partial charge >= 0.3 is 0 Å². The largest absolute Gasteiger partial charge is 0.379 e. The molecule has 1 unspecified atom stereocenters. The summed E-state index contributed by atoms with van der Waals surface area (Å²) in [5, 5.41) is 3.26. The summed E-state index contributed by atoms with van der Waals surface area (Å²) in [5.74, 6) is -1.16. The predicted molar refractivity (Wildman–Crippen MR) is 118 cm³/mol. The lowest BCUT2D eigenvalue weighted by Gasteiger charge is -2.34. The van der Waals surface area contributed by atoms with E-state index in [0.717, 1.165) is 36.9 Å². The number of nitrogens with zero attached hydrogens (tertiary/aromatic N) is 2. The number of morpholine rings is 1. The van der Waals surface area contributed by atoms with E-state index in [-0.39, 0.29) is 41.7 Å². The molecule has 0 aromatic heterocycles. The normalized spacial score (nSPS) is 16.3. The third-order valence-electron chi connectivity index (χ3n) is 4.38. The van der Waals surface area contributed by atoms with E-state index in [9.17, 15) is 8.78 Å². The monoisotopic (exact) mass is 522 g/mol. The number of ether oxygens (including phenoxy) is 1. The Morgan fingerprint density at radius 1 is 1.21 bits per heavy atom. The minimum atomic E-state index is -0.606. The summed E-state index contributed by atoms with van der Waals surface area (Å²) in [6.07, 6.45) is 0. The van der Waals surface area contributed by atoms with Crippen molar-refractivity contribution in [3.63, 3.8) is 0 Å². The fourth-order valence-electron chi connectivity index (χ4n) is 3.00. The summed E-state index contributed by atoms with van der Waals surface area (Å²) in [7, 11) is 0. The first-order chi connectivity index (χ1) is 13.0. The third-order valence-corrected chi connectivity index (χ3v) is 4.72. The van der Waals surface area contributed by atoms with E-state index >= 15 is 0 Å². The van der Waals surface area contributed by atoms with Gasteiger partial charge in [0, 0.05) is 24.2 Å². The number of guanidine groups is 1. The second-order valence-electron chi connectivity index (χ2n) is 6.16. The third kappa shape index (κ3) is 6.00. The molecule has 3 N–H and O–H groups in total. The van der Waals surface area contributed by atoms with Crippen molar-refractivity contribution in [2.45, 2.75) is 6.04 Å². The van der Waals surface area contributed by atoms with Crippen LogP contribution in [0.25, 0.3) is 0 Å². The fourth-order valence-corrected chi connectivity index (χ4v) is 3.26. The number of benzene rings is 2. The molecule has 2 aromatic rings. The summed E-state index contributed by atoms with van der Waals surface area (Å²) in [4.78, 5) is 6.56. The van der Waals surface area contributed by atoms with Crippen LogP contribution in [0.15, 0.2) is 47.5 Å². The maximum atomic E-state index is 13.8. The number of hydrogen-bond acceptors (Lipinski definition) is 3. The summed E-state index contributed by atoms with van der Waals surface area (Å²) < 4.78 is 32.5. The highest BCUT2D eigenvalue weighted by Crippen LogP contribution is 2.28. The van der Waals surface area contributed by atoms with Crippen molar-refractivity contribution in [2.75, 3.05) is 38.2 Å². The summed E-state index contributed by atoms with van der Waals surface area (Å²) in [5.41, 5.74) is 6.77. The molecule has 1 atom stereocenters. The van der Waals surface area contributed by atoms with Crippen LogP contribution >= 0.6 is 35.6 Å². The maximum absolute atomic E-state index is 13.8. The van der Waals surface area contributed by atoms with Gasteiger partial charge in [0.05, 0.1) is 31.5 Å². The van der Waals surface area contributed by atoms with Crippen molar-refractivity contribution in [3.8, 4) is 0 Å². The van der Waals surface area contributed by atoms with E-state index in [1.165, 1.54) is 0 Å². The summed E-state index contributed by atoms with van der Waals surface area (Å²) in [6, 6.07) is 10.6. The van der Waals surface area contributed by atoms with Gasteiger partial charge in [-0.3, -0.25) is 9.89 Å². The average molecular weight is 523 g/mol. The van der Waals surface area contributed by atoms with Crippen molar-refractivity contribution in [2.24, 2.45) is 10.7 Å². The lowest BCUT2D eigenvalue weighted by molar-refractivity contribution is 0.0180. The van der Waals surface area contributed by atoms with E-state index in [2.05, 4.69) is 15.2 Å². The average Bonchev–Trinajstić information content (AvgIpc) is 2.67. The Morgan fingerprint density at radius 3 is 2.64 bits per heavy atom. The fraction of sp³-hybridized carbons (Fsp3) is 0.316. The van der Waals surface area contributed by atoms with E-state index < -0.39 is 11.6 Å². The van der Waals surface area contributed by atoms with Crippen LogP contribution in [0.5, 0.6) is 0 Å². The molecule has 0 bridgehead atoms. The molecule has 1 heterocycles. The van der Waals surface area contributed by atoms with E-state index in [1.54, 1.807) is 0 Å². The molecule has 0 spiro atoms. The van der Waals surface area contributed by atoms with Crippen LogP contribution in [-0.4, -0.2) is 43.7 Å². The maximum Gasteiger partial charge on any atom is 0.193 e. The number of halogens is 4. The Hall–Kier alpha value is -1.49. The smallest absolute Gasteiger partial charge is 0.193 e. The van der Waals surface area contributed by atoms with Gasteiger partial charge in [0.25, 0.3) is 0 Å². The van der Waals surface area contributed by atoms with Gasteiger partial charge in [-0.05, 0) is 23.8 Å². The van der Waals surface area contributed by atoms with Crippen LogP contribution in [0, 0.1) is 11.6 Å². The highest BCUT2D eigenvalue weighted by molar-refractivity contribution is 14.0. The first-order valence-electron chi connectivity index (χ1n) is 8.63. The highest BCUT2D eigenvalue weighted by Gasteiger charge is 2.24. The number of aliphatic imine (C=N–C) groups is 1. The molecular formula is C19H22ClF2IN4O. The molecule has 5 nitrogen and oxygen atoms in total. The van der Waals surface area contributed by atoms with Crippen molar-refractivity contribution < 1.29 is 13.5 Å². The van der Waals surface area contributed by atoms with Crippen LogP contribution in [0.1, 0.15) is 11.6 Å². The molecule has 1 saturated heterocycles. The second kappa shape index (κ2) is 10.9. The Morgan fingerprint density at radius 2 is 1.93 bits per heavy atom. The van der Waals surface area contributed by atoms with Crippen molar-refractivity contribution in [3.05, 3.63) is 64.7 Å². The van der Waals surface area contributed by atoms with Crippen LogP contribution in [0.3, 0.4) is 0 Å². The Balaban J connectivity index is 0.00000280. The molecule has 0 amide bonds. The highest BCUT2D eigenvalue weighted by atomic mass is 127. The second-order valence-corrected chi connectivity index (χ2v) is 6.57. The molecule has 1 aliphatic rings. The van der Waals surface area contributed by atoms with Crippen molar-refractivity contribution in [1.82, 2.24) is 4.90 Å². The lowest BCUT2D eigenvalue weighted by Crippen LogP contribution is -2.40. The van der Waals surface area contributed by atoms with Crippen molar-refractivity contribution in [1.29, 1.82) is 0 Å². The van der Waals surface area contributed by atoms with Gasteiger partial charge in [-0.25, -0.2) is 8.78 Å². The predicted octanol–water partition coefficient (Wildman–Crippen LogP) is 4.04. The Bertz CT molecular complexity index is 818. The topological polar surface area (TPSA) is 62.9 Å². The van der Waals surface area contributed by atoms with Crippen LogP contribution in [0.4, 0.5) is 14.5 Å². The lowest BCUT2D eigenvalue weighted by atomic mass is 10.0. The zero-order valence-corrected chi connectivity index (χ0v) is 18.2. The van der Waals surface area contributed by atoms with E-state index in [1.807, 2.05) is 24.3 Å². The summed E-state index contributed by atoms with van der Waals surface area (Å²) >= 11 is 6.38. The first kappa shape index (κ1) is 22.8. The minimum Gasteiger partial charge on any atom is -0.379 e. The number of rotatable bonds is 5. The minimum absolute atomic E-state index is 0. The Labute approximate surface area is 184 Å². The standard InChI is InChI=1S/C19H21ClF2N4O.HI/c20-15-4-2-1-3-14(15)18(26-7-9-27-10-8-26)12-24-19(23)25-17-11-13(21)5-6-16(17)22;/h1-6,11,18H,7-10,12H2,(H3,23,24,25);1H. The van der Waals surface area contributed by atoms with Gasteiger partial charge in [-0.1, -0.05) is 29.8 Å². The molecule has 0 radical (unpaired) electrons. The molecule has 0 saturated carbocycles. The molecule has 0 aliphatic carbocycles. The molecule has 28 heavy (non-hydrogen) atoms. The van der Waals surface area contributed by atoms with Gasteiger partial charge in [-0.15, -0.1) is 24.0 Å². The molecular weight excluding hydrogens is 501 g/mol. The van der Waals surface area contributed by atoms with Crippen LogP contribution < -0.4 is 11.1 Å². The SMILES string of the molecule is I.NC(=NCC(c1ccccc1Cl)N1CCOCC1)Nc1cc(F)ccc1F. The van der Waals surface area contributed by atoms with E-state index in [4.69, 9.17) is 22.1 Å². The molecule has 9 heteroatoms. The van der Waals surface area contributed by atoms with Gasteiger partial charge in [0.15, 0.2) is 5.96 Å².